The van der Waals surface area contributed by atoms with Crippen LogP contribution < -0.4 is 11.1 Å². The van der Waals surface area contributed by atoms with Gasteiger partial charge in [0.15, 0.2) is 0 Å². The lowest BCUT2D eigenvalue weighted by Crippen LogP contribution is -2.49. The van der Waals surface area contributed by atoms with Crippen molar-refractivity contribution in [3.8, 4) is 0 Å². The first-order valence-corrected chi connectivity index (χ1v) is 8.61. The molecule has 0 aromatic heterocycles. The maximum absolute atomic E-state index is 12.5. The Hall–Kier alpha value is -1.97. The Balaban J connectivity index is 2.08. The van der Waals surface area contributed by atoms with Crippen LogP contribution in [0.5, 0.6) is 0 Å². The number of carbonyl (C=O) groups excluding carboxylic acids is 2. The molecule has 2 rings (SSSR count). The molecule has 0 unspecified atom stereocenters. The molecule has 0 atom stereocenters. The number of sulfonamides is 1. The Morgan fingerprint density at radius 3 is 2.30 bits per heavy atom. The number of carbonyl (C=O) groups is 2. The smallest absolute Gasteiger partial charge is 0.248 e. The van der Waals surface area contributed by atoms with Crippen molar-refractivity contribution in [2.75, 3.05) is 39.8 Å². The number of primary amides is 1. The van der Waals surface area contributed by atoms with Gasteiger partial charge >= 0.3 is 0 Å². The van der Waals surface area contributed by atoms with Crippen molar-refractivity contribution >= 4 is 21.8 Å². The highest BCUT2D eigenvalue weighted by molar-refractivity contribution is 7.89. The van der Waals surface area contributed by atoms with Gasteiger partial charge in [-0.25, -0.2) is 8.42 Å². The highest BCUT2D eigenvalue weighted by atomic mass is 32.2. The first-order chi connectivity index (χ1) is 10.8. The third-order valence-corrected chi connectivity index (χ3v) is 5.49. The molecule has 1 aliphatic heterocycles. The molecule has 0 saturated carbocycles. The minimum atomic E-state index is -3.80. The summed E-state index contributed by atoms with van der Waals surface area (Å²) in [6.07, 6.45) is 0. The third-order valence-electron chi connectivity index (χ3n) is 3.67. The van der Waals surface area contributed by atoms with Crippen molar-refractivity contribution in [1.29, 1.82) is 0 Å². The molecule has 0 radical (unpaired) electrons. The molecule has 1 saturated heterocycles. The van der Waals surface area contributed by atoms with E-state index in [4.69, 9.17) is 5.73 Å². The third kappa shape index (κ3) is 4.06. The van der Waals surface area contributed by atoms with Gasteiger partial charge in [0.05, 0.1) is 11.4 Å². The number of hydrogen-bond acceptors (Lipinski definition) is 5. The number of nitrogens with two attached hydrogens (primary N) is 1. The molecule has 0 spiro atoms. The van der Waals surface area contributed by atoms with Gasteiger partial charge in [-0.2, -0.15) is 4.31 Å². The van der Waals surface area contributed by atoms with Crippen molar-refractivity contribution in [2.45, 2.75) is 4.90 Å². The fourth-order valence-electron chi connectivity index (χ4n) is 2.26. The number of nitrogens with one attached hydrogen (secondary N) is 1. The number of piperazine rings is 1. The molecule has 0 bridgehead atoms. The highest BCUT2D eigenvalue weighted by Crippen LogP contribution is 2.15. The van der Waals surface area contributed by atoms with Gasteiger partial charge in [-0.15, -0.1) is 0 Å². The fraction of sp³-hybridized carbons (Fsp3) is 0.429. The summed E-state index contributed by atoms with van der Waals surface area (Å²) in [5.74, 6) is -0.859. The van der Waals surface area contributed by atoms with Gasteiger partial charge in [-0.3, -0.25) is 9.59 Å². The number of rotatable bonds is 5. The number of nitrogens with zero attached hydrogens (tertiary/aromatic N) is 2. The fourth-order valence-corrected chi connectivity index (χ4v) is 3.38. The Morgan fingerprint density at radius 2 is 1.78 bits per heavy atom. The van der Waals surface area contributed by atoms with Crippen LogP contribution in [0.1, 0.15) is 10.4 Å². The number of benzene rings is 1. The average molecular weight is 340 g/mol. The summed E-state index contributed by atoms with van der Waals surface area (Å²) in [6.45, 7) is 2.33. The van der Waals surface area contributed by atoms with Crippen molar-refractivity contribution < 1.29 is 18.0 Å². The minimum absolute atomic E-state index is 0.0121. The molecule has 2 amide bonds. The normalized spacial score (nSPS) is 15.7. The molecule has 8 nitrogen and oxygen atoms in total. The molecule has 0 aliphatic carbocycles. The maximum Gasteiger partial charge on any atom is 0.248 e. The molecule has 1 fully saturated rings. The van der Waals surface area contributed by atoms with Gasteiger partial charge in [0, 0.05) is 38.8 Å². The van der Waals surface area contributed by atoms with E-state index in [1.54, 1.807) is 4.90 Å². The Kier molecular flexibility index (Phi) is 5.34. The van der Waals surface area contributed by atoms with Crippen molar-refractivity contribution in [2.24, 2.45) is 5.73 Å². The van der Waals surface area contributed by atoms with Crippen LogP contribution in [-0.4, -0.2) is 69.2 Å². The van der Waals surface area contributed by atoms with Crippen LogP contribution in [0.3, 0.4) is 0 Å². The molecule has 3 N–H and O–H groups in total. The predicted molar refractivity (Wildman–Crippen MR) is 84.2 cm³/mol. The lowest BCUT2D eigenvalue weighted by Gasteiger charge is -2.29. The van der Waals surface area contributed by atoms with E-state index in [-0.39, 0.29) is 22.9 Å². The van der Waals surface area contributed by atoms with Gasteiger partial charge in [-0.1, -0.05) is 0 Å². The van der Waals surface area contributed by atoms with E-state index in [0.717, 1.165) is 4.31 Å². The van der Waals surface area contributed by atoms with Gasteiger partial charge in [0.1, 0.15) is 0 Å². The van der Waals surface area contributed by atoms with Crippen molar-refractivity contribution in [3.63, 3.8) is 0 Å². The summed E-state index contributed by atoms with van der Waals surface area (Å²) in [6, 6.07) is 5.31. The Morgan fingerprint density at radius 1 is 1.22 bits per heavy atom. The van der Waals surface area contributed by atoms with E-state index in [1.807, 2.05) is 0 Å². The maximum atomic E-state index is 12.5. The molecular weight excluding hydrogens is 320 g/mol. The van der Waals surface area contributed by atoms with Crippen LogP contribution in [0.15, 0.2) is 29.2 Å². The quantitative estimate of drug-likeness (QED) is 0.702. The zero-order chi connectivity index (χ0) is 17.0. The number of hydrogen-bond donors (Lipinski definition) is 2. The standard InChI is InChI=1S/C14H20N4O4S/c1-17(10-13(19)18-8-6-16-7-9-18)23(21,22)12-4-2-11(3-5-12)14(15)20/h2-5,16H,6-10H2,1H3,(H2,15,20). The first kappa shape index (κ1) is 17.4. The lowest BCUT2D eigenvalue weighted by molar-refractivity contribution is -0.131. The monoisotopic (exact) mass is 340 g/mol. The van der Waals surface area contributed by atoms with Crippen LogP contribution in [0.4, 0.5) is 0 Å². The van der Waals surface area contributed by atoms with Gasteiger partial charge in [0.25, 0.3) is 0 Å². The van der Waals surface area contributed by atoms with Crippen LogP contribution in [0.2, 0.25) is 0 Å². The van der Waals surface area contributed by atoms with Crippen LogP contribution in [0.25, 0.3) is 0 Å². The van der Waals surface area contributed by atoms with Gasteiger partial charge in [0.2, 0.25) is 21.8 Å². The van der Waals surface area contributed by atoms with Crippen molar-refractivity contribution in [3.05, 3.63) is 29.8 Å². The Labute approximate surface area is 135 Å². The zero-order valence-corrected chi connectivity index (χ0v) is 13.7. The molecule has 126 valence electrons. The highest BCUT2D eigenvalue weighted by Gasteiger charge is 2.25. The second kappa shape index (κ2) is 7.07. The molecule has 1 heterocycles. The summed E-state index contributed by atoms with van der Waals surface area (Å²) in [7, 11) is -2.44. The molecule has 1 aromatic rings. The van der Waals surface area contributed by atoms with Crippen molar-refractivity contribution in [1.82, 2.24) is 14.5 Å². The number of likely N-dealkylation sites (N-methyl/N-ethyl adjacent to an activating group) is 1. The SMILES string of the molecule is CN(CC(=O)N1CCNCC1)S(=O)(=O)c1ccc(C(N)=O)cc1. The van der Waals surface area contributed by atoms with Crippen LogP contribution in [-0.2, 0) is 14.8 Å². The molecule has 9 heteroatoms. The second-order valence-corrected chi connectivity index (χ2v) is 7.33. The summed E-state index contributed by atoms with van der Waals surface area (Å²) in [5.41, 5.74) is 5.35. The Bertz CT molecular complexity index is 681. The zero-order valence-electron chi connectivity index (χ0n) is 12.9. The van der Waals surface area contributed by atoms with E-state index >= 15 is 0 Å². The largest absolute Gasteiger partial charge is 0.366 e. The van der Waals surface area contributed by atoms with E-state index in [9.17, 15) is 18.0 Å². The van der Waals surface area contributed by atoms with Crippen LogP contribution >= 0.6 is 0 Å². The van der Waals surface area contributed by atoms with E-state index in [1.165, 1.54) is 31.3 Å². The van der Waals surface area contributed by atoms with E-state index < -0.39 is 15.9 Å². The topological polar surface area (TPSA) is 113 Å². The van der Waals surface area contributed by atoms with Gasteiger partial charge < -0.3 is 16.0 Å². The predicted octanol–water partition coefficient (Wildman–Crippen LogP) is -1.16. The minimum Gasteiger partial charge on any atom is -0.366 e. The molecule has 23 heavy (non-hydrogen) atoms. The van der Waals surface area contributed by atoms with E-state index in [0.29, 0.717) is 26.2 Å². The summed E-state index contributed by atoms with van der Waals surface area (Å²) < 4.78 is 25.9. The molecule has 1 aromatic carbocycles. The number of amides is 2. The molecular formula is C14H20N4O4S. The summed E-state index contributed by atoms with van der Waals surface area (Å²) in [5, 5.41) is 3.13. The molecule has 1 aliphatic rings. The van der Waals surface area contributed by atoms with Gasteiger partial charge in [-0.05, 0) is 24.3 Å². The summed E-state index contributed by atoms with van der Waals surface area (Å²) >= 11 is 0. The summed E-state index contributed by atoms with van der Waals surface area (Å²) in [4.78, 5) is 24.8. The first-order valence-electron chi connectivity index (χ1n) is 7.17. The lowest BCUT2D eigenvalue weighted by atomic mass is 10.2. The van der Waals surface area contributed by atoms with Crippen LogP contribution in [0, 0.1) is 0 Å². The average Bonchev–Trinajstić information content (AvgIpc) is 2.55. The second-order valence-electron chi connectivity index (χ2n) is 5.28. The van der Waals surface area contributed by atoms with E-state index in [2.05, 4.69) is 5.32 Å².